The summed E-state index contributed by atoms with van der Waals surface area (Å²) in [6, 6.07) is 50.0. The largest absolute Gasteiger partial charge is 0.309 e. The Morgan fingerprint density at radius 1 is 0.450 bits per heavy atom. The predicted molar refractivity (Wildman–Crippen MR) is 167 cm³/mol. The molecule has 0 amide bonds. The summed E-state index contributed by atoms with van der Waals surface area (Å²) in [6.07, 6.45) is 0. The molecule has 0 aliphatic carbocycles. The fourth-order valence-corrected chi connectivity index (χ4v) is 6.57. The van der Waals surface area contributed by atoms with Gasteiger partial charge in [0.2, 0.25) is 0 Å². The van der Waals surface area contributed by atoms with Crippen LogP contribution in [0.1, 0.15) is 0 Å². The molecule has 0 N–H and O–H groups in total. The number of benzene rings is 6. The maximum absolute atomic E-state index is 5.15. The molecule has 0 bridgehead atoms. The molecular weight excluding hydrogens is 486 g/mol. The number of para-hydroxylation sites is 3. The van der Waals surface area contributed by atoms with E-state index in [1.54, 1.807) is 0 Å². The van der Waals surface area contributed by atoms with E-state index < -0.39 is 0 Å². The Morgan fingerprint density at radius 3 is 2.02 bits per heavy atom. The lowest BCUT2D eigenvalue weighted by Crippen LogP contribution is -1.95. The molecule has 0 unspecified atom stereocenters. The average molecular weight is 510 g/mol. The number of imidazole rings is 1. The van der Waals surface area contributed by atoms with Crippen LogP contribution in [0.2, 0.25) is 0 Å². The van der Waals surface area contributed by atoms with Gasteiger partial charge in [0.15, 0.2) is 0 Å². The lowest BCUT2D eigenvalue weighted by molar-refractivity contribution is 1.18. The van der Waals surface area contributed by atoms with Gasteiger partial charge in [-0.3, -0.25) is 4.40 Å². The Balaban J connectivity index is 1.50. The molecule has 186 valence electrons. The second-order valence-corrected chi connectivity index (χ2v) is 10.4. The summed E-state index contributed by atoms with van der Waals surface area (Å²) >= 11 is 0. The molecule has 0 fully saturated rings. The van der Waals surface area contributed by atoms with Gasteiger partial charge in [-0.05, 0) is 52.9 Å². The van der Waals surface area contributed by atoms with Crippen LogP contribution in [0.25, 0.3) is 77.0 Å². The number of pyridine rings is 1. The first-order valence-electron chi connectivity index (χ1n) is 13.7. The standard InChI is InChI=1S/C37H23N3/c1-2-11-24(12-3-1)25-13-10-14-26(23-25)39-32-19-8-6-17-30(32)35-34(39)22-21-28-27-15-4-5-16-29(27)37-38-31-18-7-9-20-33(31)40(37)36(28)35/h1-23H. The molecule has 9 aromatic rings. The van der Waals surface area contributed by atoms with Gasteiger partial charge in [0.1, 0.15) is 5.65 Å². The van der Waals surface area contributed by atoms with Crippen LogP contribution in [-0.4, -0.2) is 14.0 Å². The van der Waals surface area contributed by atoms with E-state index >= 15 is 0 Å². The second-order valence-electron chi connectivity index (χ2n) is 10.4. The summed E-state index contributed by atoms with van der Waals surface area (Å²) in [5, 5.41) is 6.12. The fourth-order valence-electron chi connectivity index (χ4n) is 6.57. The molecule has 0 atom stereocenters. The predicted octanol–water partition coefficient (Wildman–Crippen LogP) is 9.56. The van der Waals surface area contributed by atoms with E-state index in [-0.39, 0.29) is 0 Å². The van der Waals surface area contributed by atoms with Crippen molar-refractivity contribution in [2.75, 3.05) is 0 Å². The van der Waals surface area contributed by atoms with Crippen LogP contribution in [0.4, 0.5) is 0 Å². The van der Waals surface area contributed by atoms with Gasteiger partial charge < -0.3 is 4.57 Å². The maximum atomic E-state index is 5.15. The van der Waals surface area contributed by atoms with Crippen molar-refractivity contribution in [2.24, 2.45) is 0 Å². The van der Waals surface area contributed by atoms with Gasteiger partial charge in [0.25, 0.3) is 0 Å². The van der Waals surface area contributed by atoms with Gasteiger partial charge in [0, 0.05) is 27.2 Å². The Hall–Kier alpha value is -5.41. The van der Waals surface area contributed by atoms with Gasteiger partial charge in [-0.15, -0.1) is 0 Å². The lowest BCUT2D eigenvalue weighted by Gasteiger charge is -2.12. The Bertz CT molecular complexity index is 2430. The Labute approximate surface area is 230 Å². The minimum atomic E-state index is 1.000. The smallest absolute Gasteiger partial charge is 0.146 e. The molecule has 0 saturated carbocycles. The zero-order chi connectivity index (χ0) is 26.2. The van der Waals surface area contributed by atoms with Crippen LogP contribution in [0.5, 0.6) is 0 Å². The van der Waals surface area contributed by atoms with E-state index in [0.717, 1.165) is 22.4 Å². The highest BCUT2D eigenvalue weighted by Crippen LogP contribution is 2.41. The molecule has 3 nitrogen and oxygen atoms in total. The number of aromatic nitrogens is 3. The molecule has 0 aliphatic rings. The fraction of sp³-hybridized carbons (Fsp3) is 0. The third-order valence-electron chi connectivity index (χ3n) is 8.27. The van der Waals surface area contributed by atoms with Gasteiger partial charge in [0.05, 0.1) is 27.6 Å². The van der Waals surface area contributed by atoms with Crippen LogP contribution in [-0.2, 0) is 0 Å². The highest BCUT2D eigenvalue weighted by Gasteiger charge is 2.20. The maximum Gasteiger partial charge on any atom is 0.146 e. The van der Waals surface area contributed by atoms with Crippen molar-refractivity contribution in [3.63, 3.8) is 0 Å². The summed E-state index contributed by atoms with van der Waals surface area (Å²) in [5.41, 5.74) is 10.3. The molecule has 3 heterocycles. The van der Waals surface area contributed by atoms with Gasteiger partial charge in [-0.2, -0.15) is 0 Å². The zero-order valence-corrected chi connectivity index (χ0v) is 21.6. The van der Waals surface area contributed by atoms with Gasteiger partial charge in [-0.1, -0.05) is 103 Å². The SMILES string of the molecule is c1ccc(-c2cccc(-n3c4ccccc4c4c3ccc3c5ccccc5c5nc6ccccc6n5c34)c2)cc1. The van der Waals surface area contributed by atoms with Crippen molar-refractivity contribution < 1.29 is 0 Å². The summed E-state index contributed by atoms with van der Waals surface area (Å²) in [4.78, 5) is 5.15. The third kappa shape index (κ3) is 2.86. The van der Waals surface area contributed by atoms with E-state index in [4.69, 9.17) is 4.98 Å². The first-order valence-corrected chi connectivity index (χ1v) is 13.7. The molecule has 9 rings (SSSR count). The number of hydrogen-bond donors (Lipinski definition) is 0. The van der Waals surface area contributed by atoms with Gasteiger partial charge in [-0.25, -0.2) is 4.98 Å². The van der Waals surface area contributed by atoms with E-state index in [2.05, 4.69) is 148 Å². The monoisotopic (exact) mass is 509 g/mol. The third-order valence-corrected chi connectivity index (χ3v) is 8.27. The molecular formula is C37H23N3. The molecule has 3 heteroatoms. The second kappa shape index (κ2) is 8.05. The molecule has 0 spiro atoms. The highest BCUT2D eigenvalue weighted by molar-refractivity contribution is 6.26. The number of fused-ring (bicyclic) bond motifs is 12. The Morgan fingerprint density at radius 2 is 1.15 bits per heavy atom. The number of rotatable bonds is 2. The molecule has 40 heavy (non-hydrogen) atoms. The van der Waals surface area contributed by atoms with Crippen LogP contribution in [0, 0.1) is 0 Å². The summed E-state index contributed by atoms with van der Waals surface area (Å²) < 4.78 is 4.79. The quantitative estimate of drug-likeness (QED) is 0.213. The van der Waals surface area contributed by atoms with Crippen molar-refractivity contribution in [1.82, 2.24) is 14.0 Å². The van der Waals surface area contributed by atoms with E-state index in [1.165, 1.54) is 54.6 Å². The Kier molecular flexibility index (Phi) is 4.33. The van der Waals surface area contributed by atoms with Crippen LogP contribution in [0.15, 0.2) is 140 Å². The summed E-state index contributed by atoms with van der Waals surface area (Å²) in [7, 11) is 0. The molecule has 0 aliphatic heterocycles. The minimum Gasteiger partial charge on any atom is -0.309 e. The zero-order valence-electron chi connectivity index (χ0n) is 21.6. The van der Waals surface area contributed by atoms with E-state index in [1.807, 2.05) is 0 Å². The van der Waals surface area contributed by atoms with Crippen molar-refractivity contribution in [3.8, 4) is 16.8 Å². The average Bonchev–Trinajstić information content (AvgIpc) is 3.58. The molecule has 6 aromatic carbocycles. The van der Waals surface area contributed by atoms with Crippen molar-refractivity contribution in [2.45, 2.75) is 0 Å². The van der Waals surface area contributed by atoms with Crippen LogP contribution >= 0.6 is 0 Å². The van der Waals surface area contributed by atoms with Crippen molar-refractivity contribution >= 4 is 60.2 Å². The first kappa shape index (κ1) is 21.5. The van der Waals surface area contributed by atoms with Gasteiger partial charge >= 0.3 is 0 Å². The normalized spacial score (nSPS) is 12.0. The molecule has 0 radical (unpaired) electrons. The minimum absolute atomic E-state index is 1.000. The topological polar surface area (TPSA) is 22.2 Å². The molecule has 0 saturated heterocycles. The van der Waals surface area contributed by atoms with E-state index in [9.17, 15) is 0 Å². The highest BCUT2D eigenvalue weighted by atomic mass is 15.0. The summed E-state index contributed by atoms with van der Waals surface area (Å²) in [6.45, 7) is 0. The number of hydrogen-bond acceptors (Lipinski definition) is 1. The van der Waals surface area contributed by atoms with Crippen LogP contribution < -0.4 is 0 Å². The molecule has 3 aromatic heterocycles. The van der Waals surface area contributed by atoms with E-state index in [0.29, 0.717) is 0 Å². The van der Waals surface area contributed by atoms with Crippen molar-refractivity contribution in [3.05, 3.63) is 140 Å². The van der Waals surface area contributed by atoms with Crippen molar-refractivity contribution in [1.29, 1.82) is 0 Å². The summed E-state index contributed by atoms with van der Waals surface area (Å²) in [5.74, 6) is 0. The van der Waals surface area contributed by atoms with Crippen LogP contribution in [0.3, 0.4) is 0 Å². The number of nitrogens with zero attached hydrogens (tertiary/aromatic N) is 3. The lowest BCUT2D eigenvalue weighted by atomic mass is 10.0. The first-order chi connectivity index (χ1) is 19.9.